The highest BCUT2D eigenvalue weighted by Crippen LogP contribution is 2.21. The molecule has 0 aliphatic rings. The van der Waals surface area contributed by atoms with Gasteiger partial charge in [0, 0.05) is 11.6 Å². The zero-order valence-electron chi connectivity index (χ0n) is 9.95. The van der Waals surface area contributed by atoms with Crippen molar-refractivity contribution in [3.8, 4) is 0 Å². The minimum atomic E-state index is -0.463. The van der Waals surface area contributed by atoms with Crippen LogP contribution in [0.2, 0.25) is 0 Å². The van der Waals surface area contributed by atoms with Crippen molar-refractivity contribution in [2.75, 3.05) is 11.1 Å². The first-order valence-electron chi connectivity index (χ1n) is 5.37. The van der Waals surface area contributed by atoms with E-state index in [1.165, 1.54) is 0 Å². The van der Waals surface area contributed by atoms with E-state index >= 15 is 0 Å². The van der Waals surface area contributed by atoms with Gasteiger partial charge in [-0.25, -0.2) is 0 Å². The van der Waals surface area contributed by atoms with Crippen LogP contribution in [0.25, 0.3) is 0 Å². The van der Waals surface area contributed by atoms with Crippen LogP contribution in [0.1, 0.15) is 31.1 Å². The average Bonchev–Trinajstić information content (AvgIpc) is 2.20. The largest absolute Gasteiger partial charge is 0.397 e. The number of nitrogens with two attached hydrogens (primary N) is 2. The summed E-state index contributed by atoms with van der Waals surface area (Å²) in [6, 6.07) is 5.38. The van der Waals surface area contributed by atoms with Gasteiger partial charge in [-0.3, -0.25) is 4.79 Å². The molecule has 4 heteroatoms. The Bertz CT molecular complexity index is 388. The van der Waals surface area contributed by atoms with Gasteiger partial charge in [0.15, 0.2) is 0 Å². The second-order valence-corrected chi connectivity index (χ2v) is 4.34. The molecule has 16 heavy (non-hydrogen) atoms. The van der Waals surface area contributed by atoms with Crippen LogP contribution in [0.3, 0.4) is 0 Å². The third-order valence-corrected chi connectivity index (χ3v) is 2.72. The third kappa shape index (κ3) is 2.89. The molecule has 1 aromatic rings. The van der Waals surface area contributed by atoms with Crippen LogP contribution in [0.5, 0.6) is 0 Å². The van der Waals surface area contributed by atoms with Gasteiger partial charge in [0.2, 0.25) is 5.91 Å². The van der Waals surface area contributed by atoms with Gasteiger partial charge < -0.3 is 16.8 Å². The first-order chi connectivity index (χ1) is 7.41. The van der Waals surface area contributed by atoms with Crippen LogP contribution in [-0.2, 0) is 0 Å². The first-order valence-corrected chi connectivity index (χ1v) is 5.37. The second-order valence-electron chi connectivity index (χ2n) is 4.34. The smallest absolute Gasteiger partial charge is 0.248 e. The Hall–Kier alpha value is -1.71. The first kappa shape index (κ1) is 12.4. The molecule has 0 heterocycles. The number of amides is 1. The molecule has 0 saturated carbocycles. The molecule has 1 rings (SSSR count). The van der Waals surface area contributed by atoms with Crippen molar-refractivity contribution in [2.24, 2.45) is 11.7 Å². The molecule has 0 saturated heterocycles. The lowest BCUT2D eigenvalue weighted by Gasteiger charge is -2.20. The molecular formula is C12H19N3O. The van der Waals surface area contributed by atoms with Gasteiger partial charge in [0.1, 0.15) is 0 Å². The molecule has 1 unspecified atom stereocenters. The molecule has 88 valence electrons. The van der Waals surface area contributed by atoms with E-state index in [4.69, 9.17) is 11.5 Å². The summed E-state index contributed by atoms with van der Waals surface area (Å²) in [5, 5.41) is 3.30. The summed E-state index contributed by atoms with van der Waals surface area (Å²) in [4.78, 5) is 10.9. The monoisotopic (exact) mass is 221 g/mol. The van der Waals surface area contributed by atoms with Crippen LogP contribution in [0.4, 0.5) is 11.4 Å². The molecule has 1 amide bonds. The lowest BCUT2D eigenvalue weighted by Crippen LogP contribution is -2.22. The molecule has 0 bridgehead atoms. The standard InChI is InChI=1S/C12H19N3O/c1-7(2)8(3)15-11-5-4-9(12(14)16)6-10(11)13/h4-8,15H,13H2,1-3H3,(H2,14,16). The van der Waals surface area contributed by atoms with Gasteiger partial charge in [-0.05, 0) is 31.0 Å². The molecule has 1 aromatic carbocycles. The number of carbonyl (C=O) groups is 1. The Kier molecular flexibility index (Phi) is 3.77. The minimum Gasteiger partial charge on any atom is -0.397 e. The molecule has 0 spiro atoms. The molecule has 0 aromatic heterocycles. The number of anilines is 2. The van der Waals surface area contributed by atoms with Crippen molar-refractivity contribution in [3.05, 3.63) is 23.8 Å². The van der Waals surface area contributed by atoms with Crippen molar-refractivity contribution in [2.45, 2.75) is 26.8 Å². The Labute approximate surface area is 96.0 Å². The van der Waals surface area contributed by atoms with Crippen molar-refractivity contribution in [1.29, 1.82) is 0 Å². The lowest BCUT2D eigenvalue weighted by molar-refractivity contribution is 0.100. The van der Waals surface area contributed by atoms with Crippen molar-refractivity contribution in [3.63, 3.8) is 0 Å². The van der Waals surface area contributed by atoms with E-state index in [9.17, 15) is 4.79 Å². The molecule has 0 fully saturated rings. The fourth-order valence-corrected chi connectivity index (χ4v) is 1.26. The predicted octanol–water partition coefficient (Wildman–Crippen LogP) is 1.82. The molecule has 5 N–H and O–H groups in total. The van der Waals surface area contributed by atoms with E-state index in [2.05, 4.69) is 26.1 Å². The maximum absolute atomic E-state index is 10.9. The normalized spacial score (nSPS) is 12.5. The number of benzene rings is 1. The van der Waals surface area contributed by atoms with Gasteiger partial charge in [0.25, 0.3) is 0 Å². The van der Waals surface area contributed by atoms with Crippen molar-refractivity contribution < 1.29 is 4.79 Å². The summed E-state index contributed by atoms with van der Waals surface area (Å²) >= 11 is 0. The third-order valence-electron chi connectivity index (χ3n) is 2.72. The zero-order chi connectivity index (χ0) is 12.3. The van der Waals surface area contributed by atoms with E-state index in [0.29, 0.717) is 23.2 Å². The van der Waals surface area contributed by atoms with E-state index in [-0.39, 0.29) is 0 Å². The van der Waals surface area contributed by atoms with E-state index in [1.807, 2.05) is 0 Å². The summed E-state index contributed by atoms with van der Waals surface area (Å²) in [5.41, 5.74) is 12.8. The summed E-state index contributed by atoms with van der Waals surface area (Å²) in [6.45, 7) is 6.35. The average molecular weight is 221 g/mol. The number of hydrogen-bond donors (Lipinski definition) is 3. The Morgan fingerprint density at radius 2 is 1.94 bits per heavy atom. The van der Waals surface area contributed by atoms with E-state index in [1.54, 1.807) is 18.2 Å². The zero-order valence-corrected chi connectivity index (χ0v) is 9.95. The van der Waals surface area contributed by atoms with Gasteiger partial charge in [-0.2, -0.15) is 0 Å². The topological polar surface area (TPSA) is 81.1 Å². The van der Waals surface area contributed by atoms with Crippen LogP contribution in [0, 0.1) is 5.92 Å². The second kappa shape index (κ2) is 4.88. The van der Waals surface area contributed by atoms with Crippen LogP contribution in [0.15, 0.2) is 18.2 Å². The van der Waals surface area contributed by atoms with Crippen molar-refractivity contribution in [1.82, 2.24) is 0 Å². The Balaban J connectivity index is 2.87. The number of rotatable bonds is 4. The summed E-state index contributed by atoms with van der Waals surface area (Å²) in [6.07, 6.45) is 0. The summed E-state index contributed by atoms with van der Waals surface area (Å²) in [5.74, 6) is 0.0466. The fourth-order valence-electron chi connectivity index (χ4n) is 1.26. The van der Waals surface area contributed by atoms with E-state index < -0.39 is 5.91 Å². The summed E-state index contributed by atoms with van der Waals surface area (Å²) < 4.78 is 0. The van der Waals surface area contributed by atoms with Crippen LogP contribution >= 0.6 is 0 Å². The van der Waals surface area contributed by atoms with Gasteiger partial charge >= 0.3 is 0 Å². The number of nitrogens with one attached hydrogen (secondary N) is 1. The SMILES string of the molecule is CC(C)C(C)Nc1ccc(C(N)=O)cc1N. The number of hydrogen-bond acceptors (Lipinski definition) is 3. The summed E-state index contributed by atoms with van der Waals surface area (Å²) in [7, 11) is 0. The maximum Gasteiger partial charge on any atom is 0.248 e. The highest BCUT2D eigenvalue weighted by molar-refractivity contribution is 5.94. The van der Waals surface area contributed by atoms with E-state index in [0.717, 1.165) is 5.69 Å². The van der Waals surface area contributed by atoms with Gasteiger partial charge in [0.05, 0.1) is 11.4 Å². The lowest BCUT2D eigenvalue weighted by atomic mass is 10.1. The molecule has 1 atom stereocenters. The Morgan fingerprint density at radius 1 is 1.31 bits per heavy atom. The number of nitrogen functional groups attached to an aromatic ring is 1. The van der Waals surface area contributed by atoms with Crippen LogP contribution < -0.4 is 16.8 Å². The number of primary amides is 1. The number of carbonyl (C=O) groups excluding carboxylic acids is 1. The minimum absolute atomic E-state index is 0.321. The fraction of sp³-hybridized carbons (Fsp3) is 0.417. The van der Waals surface area contributed by atoms with Crippen LogP contribution in [-0.4, -0.2) is 11.9 Å². The van der Waals surface area contributed by atoms with Crippen molar-refractivity contribution >= 4 is 17.3 Å². The molecule has 4 nitrogen and oxygen atoms in total. The highest BCUT2D eigenvalue weighted by atomic mass is 16.1. The molecular weight excluding hydrogens is 202 g/mol. The molecule has 0 radical (unpaired) electrons. The Morgan fingerprint density at radius 3 is 2.38 bits per heavy atom. The highest BCUT2D eigenvalue weighted by Gasteiger charge is 2.09. The van der Waals surface area contributed by atoms with Gasteiger partial charge in [-0.1, -0.05) is 13.8 Å². The maximum atomic E-state index is 10.9. The molecule has 0 aliphatic heterocycles. The predicted molar refractivity (Wildman–Crippen MR) is 67.3 cm³/mol. The van der Waals surface area contributed by atoms with Gasteiger partial charge in [-0.15, -0.1) is 0 Å². The molecule has 0 aliphatic carbocycles. The quantitative estimate of drug-likeness (QED) is 0.678.